The van der Waals surface area contributed by atoms with Crippen molar-refractivity contribution in [2.24, 2.45) is 5.92 Å². The molecule has 2 amide bonds. The van der Waals surface area contributed by atoms with E-state index in [0.29, 0.717) is 5.56 Å². The number of hydrogen-bond donors (Lipinski definition) is 2. The SMILES string of the molecule is CC(F)(F)[C@@H]1C[C@H]1NC(=O)NCc1ccnc(OC(F)F)c1. The van der Waals surface area contributed by atoms with Gasteiger partial charge in [0.05, 0.1) is 0 Å². The summed E-state index contributed by atoms with van der Waals surface area (Å²) in [6, 6.07) is 1.63. The van der Waals surface area contributed by atoms with Gasteiger partial charge in [-0.1, -0.05) is 0 Å². The number of carbonyl (C=O) groups excluding carboxylic acids is 1. The maximum Gasteiger partial charge on any atom is 0.388 e. The third-order valence-electron chi connectivity index (χ3n) is 3.22. The number of urea groups is 1. The Morgan fingerprint density at radius 2 is 2.27 bits per heavy atom. The van der Waals surface area contributed by atoms with E-state index in [9.17, 15) is 22.4 Å². The number of rotatable bonds is 6. The number of pyridine rings is 1. The van der Waals surface area contributed by atoms with Gasteiger partial charge < -0.3 is 15.4 Å². The van der Waals surface area contributed by atoms with Crippen molar-refractivity contribution < 1.29 is 27.1 Å². The maximum atomic E-state index is 13.0. The topological polar surface area (TPSA) is 63.2 Å². The lowest BCUT2D eigenvalue weighted by molar-refractivity contribution is -0.0529. The Morgan fingerprint density at radius 1 is 1.55 bits per heavy atom. The Balaban J connectivity index is 1.77. The number of nitrogens with one attached hydrogen (secondary N) is 2. The number of aromatic nitrogens is 1. The first-order chi connectivity index (χ1) is 10.3. The van der Waals surface area contributed by atoms with Crippen molar-refractivity contribution >= 4 is 6.03 Å². The van der Waals surface area contributed by atoms with Gasteiger partial charge in [0.15, 0.2) is 0 Å². The van der Waals surface area contributed by atoms with E-state index in [1.807, 2.05) is 0 Å². The minimum absolute atomic E-state index is 0.0356. The standard InChI is InChI=1S/C13H15F4N3O2/c1-13(16,17)8-5-9(8)20-12(21)19-6-7-2-3-18-10(4-7)22-11(14)15/h2-4,8-9,11H,5-6H2,1H3,(H2,19,20,21)/t8-,9-/m1/s1. The molecular formula is C13H15F4N3O2. The zero-order valence-corrected chi connectivity index (χ0v) is 11.7. The average molecular weight is 321 g/mol. The fourth-order valence-corrected chi connectivity index (χ4v) is 2.03. The van der Waals surface area contributed by atoms with Crippen LogP contribution in [0.2, 0.25) is 0 Å². The molecule has 22 heavy (non-hydrogen) atoms. The van der Waals surface area contributed by atoms with Crippen molar-refractivity contribution in [3.8, 4) is 5.88 Å². The molecule has 1 heterocycles. The number of alkyl halides is 4. The van der Waals surface area contributed by atoms with E-state index in [-0.39, 0.29) is 18.8 Å². The number of hydrogen-bond acceptors (Lipinski definition) is 3. The molecule has 1 aliphatic rings. The normalized spacial score (nSPS) is 20.6. The smallest absolute Gasteiger partial charge is 0.388 e. The first kappa shape index (κ1) is 16.3. The van der Waals surface area contributed by atoms with Gasteiger partial charge in [0, 0.05) is 30.8 Å². The summed E-state index contributed by atoms with van der Waals surface area (Å²) in [7, 11) is 0. The number of ether oxygens (including phenoxy) is 1. The Bertz CT molecular complexity index is 536. The number of carbonyl (C=O) groups is 1. The quantitative estimate of drug-likeness (QED) is 0.792. The van der Waals surface area contributed by atoms with Crippen LogP contribution in [0, 0.1) is 5.92 Å². The molecule has 0 spiro atoms. The lowest BCUT2D eigenvalue weighted by atomic mass is 10.2. The Morgan fingerprint density at radius 3 is 2.86 bits per heavy atom. The van der Waals surface area contributed by atoms with Gasteiger partial charge in [-0.05, 0) is 25.0 Å². The van der Waals surface area contributed by atoms with Crippen LogP contribution in [0.4, 0.5) is 22.4 Å². The van der Waals surface area contributed by atoms with Gasteiger partial charge in [-0.2, -0.15) is 8.78 Å². The van der Waals surface area contributed by atoms with E-state index in [2.05, 4.69) is 20.4 Å². The molecule has 2 rings (SSSR count). The van der Waals surface area contributed by atoms with Crippen LogP contribution < -0.4 is 15.4 Å². The summed E-state index contributed by atoms with van der Waals surface area (Å²) in [6.45, 7) is -2.13. The van der Waals surface area contributed by atoms with E-state index in [0.717, 1.165) is 6.92 Å². The molecule has 122 valence electrons. The summed E-state index contributed by atoms with van der Waals surface area (Å²) in [5, 5.41) is 4.89. The molecule has 1 aliphatic carbocycles. The van der Waals surface area contributed by atoms with Crippen molar-refractivity contribution in [2.75, 3.05) is 0 Å². The van der Waals surface area contributed by atoms with Crippen molar-refractivity contribution in [1.82, 2.24) is 15.6 Å². The van der Waals surface area contributed by atoms with Crippen LogP contribution in [0.25, 0.3) is 0 Å². The predicted molar refractivity (Wildman–Crippen MR) is 68.8 cm³/mol. The highest BCUT2D eigenvalue weighted by atomic mass is 19.3. The minimum Gasteiger partial charge on any atom is -0.417 e. The zero-order valence-electron chi connectivity index (χ0n) is 11.7. The molecule has 0 aromatic carbocycles. The molecule has 2 N–H and O–H groups in total. The molecular weight excluding hydrogens is 306 g/mol. The molecule has 1 aromatic rings. The van der Waals surface area contributed by atoms with Gasteiger partial charge in [0.25, 0.3) is 0 Å². The summed E-state index contributed by atoms with van der Waals surface area (Å²) in [5.74, 6) is -3.92. The minimum atomic E-state index is -2.98. The summed E-state index contributed by atoms with van der Waals surface area (Å²) in [5.41, 5.74) is 0.494. The summed E-state index contributed by atoms with van der Waals surface area (Å²) < 4.78 is 54.1. The van der Waals surface area contributed by atoms with Crippen LogP contribution in [-0.4, -0.2) is 29.6 Å². The van der Waals surface area contributed by atoms with Crippen molar-refractivity contribution in [2.45, 2.75) is 38.5 Å². The highest BCUT2D eigenvalue weighted by Crippen LogP contribution is 2.43. The largest absolute Gasteiger partial charge is 0.417 e. The summed E-state index contributed by atoms with van der Waals surface area (Å²) in [6.07, 6.45) is 1.50. The number of halogens is 4. The average Bonchev–Trinajstić information content (AvgIpc) is 3.15. The van der Waals surface area contributed by atoms with Gasteiger partial charge in [-0.25, -0.2) is 18.6 Å². The van der Waals surface area contributed by atoms with Crippen molar-refractivity contribution in [1.29, 1.82) is 0 Å². The predicted octanol–water partition coefficient (Wildman–Crippen LogP) is 2.53. The van der Waals surface area contributed by atoms with Crippen molar-refractivity contribution in [3.05, 3.63) is 23.9 Å². The number of amides is 2. The van der Waals surface area contributed by atoms with Gasteiger partial charge in [-0.15, -0.1) is 0 Å². The van der Waals surface area contributed by atoms with Crippen LogP contribution in [0.3, 0.4) is 0 Å². The second kappa shape index (κ2) is 6.37. The second-order valence-corrected chi connectivity index (χ2v) is 5.11. The van der Waals surface area contributed by atoms with Crippen LogP contribution in [0.15, 0.2) is 18.3 Å². The molecule has 0 unspecified atom stereocenters. The lowest BCUT2D eigenvalue weighted by Crippen LogP contribution is -2.38. The zero-order chi connectivity index (χ0) is 16.3. The molecule has 5 nitrogen and oxygen atoms in total. The Labute approximate surface area is 124 Å². The summed E-state index contributed by atoms with van der Waals surface area (Å²) in [4.78, 5) is 15.2. The van der Waals surface area contributed by atoms with Crippen LogP contribution in [0.5, 0.6) is 5.88 Å². The monoisotopic (exact) mass is 321 g/mol. The van der Waals surface area contributed by atoms with Crippen LogP contribution in [0.1, 0.15) is 18.9 Å². The molecule has 9 heteroatoms. The van der Waals surface area contributed by atoms with Gasteiger partial charge in [0.1, 0.15) is 0 Å². The third kappa shape index (κ3) is 4.74. The highest BCUT2D eigenvalue weighted by molar-refractivity contribution is 5.74. The fraction of sp³-hybridized carbons (Fsp3) is 0.538. The van der Waals surface area contributed by atoms with Gasteiger partial charge in [0.2, 0.25) is 11.8 Å². The fourth-order valence-electron chi connectivity index (χ4n) is 2.03. The van der Waals surface area contributed by atoms with Crippen molar-refractivity contribution in [3.63, 3.8) is 0 Å². The molecule has 1 saturated carbocycles. The molecule has 0 radical (unpaired) electrons. The highest BCUT2D eigenvalue weighted by Gasteiger charge is 2.52. The van der Waals surface area contributed by atoms with Gasteiger partial charge in [-0.3, -0.25) is 0 Å². The van der Waals surface area contributed by atoms with E-state index in [1.165, 1.54) is 18.3 Å². The Kier molecular flexibility index (Phi) is 4.72. The van der Waals surface area contributed by atoms with E-state index in [4.69, 9.17) is 0 Å². The first-order valence-corrected chi connectivity index (χ1v) is 6.57. The van der Waals surface area contributed by atoms with Gasteiger partial charge >= 0.3 is 12.6 Å². The van der Waals surface area contributed by atoms with E-state index in [1.54, 1.807) is 0 Å². The molecule has 1 fully saturated rings. The molecule has 2 atom stereocenters. The second-order valence-electron chi connectivity index (χ2n) is 5.11. The molecule has 0 saturated heterocycles. The molecule has 0 bridgehead atoms. The Hall–Kier alpha value is -2.06. The van der Waals surface area contributed by atoms with Crippen LogP contribution in [-0.2, 0) is 6.54 Å². The van der Waals surface area contributed by atoms with Crippen LogP contribution >= 0.6 is 0 Å². The molecule has 1 aromatic heterocycles. The van der Waals surface area contributed by atoms with E-state index < -0.39 is 30.5 Å². The maximum absolute atomic E-state index is 13.0. The number of nitrogens with zero attached hydrogens (tertiary/aromatic N) is 1. The first-order valence-electron chi connectivity index (χ1n) is 6.57. The molecule has 0 aliphatic heterocycles. The summed E-state index contributed by atoms with van der Waals surface area (Å²) >= 11 is 0. The third-order valence-corrected chi connectivity index (χ3v) is 3.22. The van der Waals surface area contributed by atoms with E-state index >= 15 is 0 Å². The lowest BCUT2D eigenvalue weighted by Gasteiger charge is -2.11.